The van der Waals surface area contributed by atoms with Crippen molar-refractivity contribution in [3.8, 4) is 0 Å². The van der Waals surface area contributed by atoms with Gasteiger partial charge in [0.2, 0.25) is 0 Å². The van der Waals surface area contributed by atoms with Crippen LogP contribution in [0.2, 0.25) is 0 Å². The van der Waals surface area contributed by atoms with E-state index in [1.54, 1.807) is 0 Å². The second kappa shape index (κ2) is 7.34. The number of nitro groups is 1. The third-order valence-corrected chi connectivity index (χ3v) is 2.27. The molecular weight excluding hydrogens is 276 g/mol. The van der Waals surface area contributed by atoms with Gasteiger partial charge in [0.1, 0.15) is 17.9 Å². The van der Waals surface area contributed by atoms with Gasteiger partial charge in [-0.1, -0.05) is 6.07 Å². The summed E-state index contributed by atoms with van der Waals surface area (Å²) >= 11 is 0. The molecule has 1 rings (SSSR count). The molecule has 0 saturated carbocycles. The van der Waals surface area contributed by atoms with Crippen molar-refractivity contribution in [2.75, 3.05) is 25.5 Å². The van der Waals surface area contributed by atoms with Crippen molar-refractivity contribution in [3.63, 3.8) is 0 Å². The fourth-order valence-corrected chi connectivity index (χ4v) is 1.45. The largest absolute Gasteiger partial charge is 0.393 e. The predicted molar refractivity (Wildman–Crippen MR) is 66.7 cm³/mol. The Kier molecular flexibility index (Phi) is 5.78. The third kappa shape index (κ3) is 4.43. The van der Waals surface area contributed by atoms with E-state index in [1.807, 2.05) is 0 Å². The Balaban J connectivity index is 2.60. The number of carbonyl (C=O) groups is 1. The van der Waals surface area contributed by atoms with Crippen LogP contribution >= 0.6 is 0 Å². The molecule has 0 aromatic heterocycles. The second-order valence-electron chi connectivity index (χ2n) is 3.72. The molecule has 0 atom stereocenters. The molecule has 0 fully saturated rings. The Morgan fingerprint density at radius 2 is 2.20 bits per heavy atom. The average Bonchev–Trinajstić information content (AvgIpc) is 2.36. The molecule has 0 radical (unpaired) electrons. The number of carbonyl (C=O) groups excluding carboxylic acids is 1. The first-order valence-corrected chi connectivity index (χ1v) is 5.60. The summed E-state index contributed by atoms with van der Waals surface area (Å²) in [7, 11) is 0. The number of rotatable bonds is 7. The molecule has 1 aromatic carbocycles. The standard InChI is InChI=1S/C11H13F2N3O4/c12-9(13)6-20-5-4-15-11(17)7-2-1-3-8(14)10(7)16(18)19/h1-3,9H,4-6,14H2,(H,15,17). The average molecular weight is 289 g/mol. The van der Waals surface area contributed by atoms with Crippen molar-refractivity contribution in [3.05, 3.63) is 33.9 Å². The normalized spacial score (nSPS) is 10.6. The topological polar surface area (TPSA) is 107 Å². The fourth-order valence-electron chi connectivity index (χ4n) is 1.45. The molecule has 1 amide bonds. The molecule has 7 nitrogen and oxygen atoms in total. The highest BCUT2D eigenvalue weighted by atomic mass is 19.3. The number of nitro benzene ring substituents is 1. The summed E-state index contributed by atoms with van der Waals surface area (Å²) in [6.07, 6.45) is -2.58. The quantitative estimate of drug-likeness (QED) is 0.339. The summed E-state index contributed by atoms with van der Waals surface area (Å²) in [5, 5.41) is 13.2. The van der Waals surface area contributed by atoms with Crippen LogP contribution in [0.3, 0.4) is 0 Å². The summed E-state index contributed by atoms with van der Waals surface area (Å²) in [5.74, 6) is -0.718. The first-order valence-electron chi connectivity index (χ1n) is 5.60. The molecule has 3 N–H and O–H groups in total. The van der Waals surface area contributed by atoms with Crippen LogP contribution in [0.1, 0.15) is 10.4 Å². The monoisotopic (exact) mass is 289 g/mol. The second-order valence-corrected chi connectivity index (χ2v) is 3.72. The van der Waals surface area contributed by atoms with Gasteiger partial charge in [0.25, 0.3) is 12.3 Å². The minimum Gasteiger partial charge on any atom is -0.393 e. The van der Waals surface area contributed by atoms with Crippen LogP contribution < -0.4 is 11.1 Å². The molecule has 0 bridgehead atoms. The smallest absolute Gasteiger partial charge is 0.304 e. The zero-order chi connectivity index (χ0) is 15.1. The van der Waals surface area contributed by atoms with Crippen molar-refractivity contribution < 1.29 is 23.2 Å². The molecule has 20 heavy (non-hydrogen) atoms. The Hall–Kier alpha value is -2.29. The minimum atomic E-state index is -2.58. The lowest BCUT2D eigenvalue weighted by Gasteiger charge is -2.07. The van der Waals surface area contributed by atoms with Gasteiger partial charge in [0.15, 0.2) is 0 Å². The van der Waals surface area contributed by atoms with Gasteiger partial charge in [0, 0.05) is 6.54 Å². The highest BCUT2D eigenvalue weighted by molar-refractivity contribution is 6.00. The number of anilines is 1. The minimum absolute atomic E-state index is 0.0441. The number of para-hydroxylation sites is 1. The van der Waals surface area contributed by atoms with Gasteiger partial charge in [-0.05, 0) is 12.1 Å². The van der Waals surface area contributed by atoms with Gasteiger partial charge >= 0.3 is 5.69 Å². The van der Waals surface area contributed by atoms with Gasteiger partial charge in [-0.25, -0.2) is 8.78 Å². The van der Waals surface area contributed by atoms with Gasteiger partial charge < -0.3 is 15.8 Å². The lowest BCUT2D eigenvalue weighted by atomic mass is 10.1. The van der Waals surface area contributed by atoms with E-state index < -0.39 is 29.6 Å². The first kappa shape index (κ1) is 15.8. The Morgan fingerprint density at radius 1 is 1.50 bits per heavy atom. The van der Waals surface area contributed by atoms with Gasteiger partial charge in [-0.3, -0.25) is 14.9 Å². The van der Waals surface area contributed by atoms with Crippen LogP contribution in [-0.2, 0) is 4.74 Å². The van der Waals surface area contributed by atoms with Crippen LogP contribution in [0.25, 0.3) is 0 Å². The van der Waals surface area contributed by atoms with Crippen LogP contribution in [0.15, 0.2) is 18.2 Å². The summed E-state index contributed by atoms with van der Waals surface area (Å²) in [6, 6.07) is 3.97. The molecule has 9 heteroatoms. The van der Waals surface area contributed by atoms with Crippen molar-refractivity contribution >= 4 is 17.3 Å². The predicted octanol–water partition coefficient (Wildman–Crippen LogP) is 1.19. The van der Waals surface area contributed by atoms with Crippen LogP contribution in [-0.4, -0.2) is 37.0 Å². The zero-order valence-electron chi connectivity index (χ0n) is 10.3. The van der Waals surface area contributed by atoms with Crippen molar-refractivity contribution in [1.82, 2.24) is 5.32 Å². The number of hydrogen-bond donors (Lipinski definition) is 2. The van der Waals surface area contributed by atoms with E-state index in [-0.39, 0.29) is 24.4 Å². The van der Waals surface area contributed by atoms with Crippen molar-refractivity contribution in [2.45, 2.75) is 6.43 Å². The summed E-state index contributed by atoms with van der Waals surface area (Å²) in [4.78, 5) is 21.8. The van der Waals surface area contributed by atoms with Crippen molar-refractivity contribution in [2.24, 2.45) is 0 Å². The van der Waals surface area contributed by atoms with E-state index in [4.69, 9.17) is 5.73 Å². The highest BCUT2D eigenvalue weighted by Gasteiger charge is 2.22. The molecule has 0 spiro atoms. The number of nitrogens with zero attached hydrogens (tertiary/aromatic N) is 1. The maximum Gasteiger partial charge on any atom is 0.304 e. The molecule has 0 aliphatic rings. The number of nitrogen functional groups attached to an aromatic ring is 1. The Bertz CT molecular complexity index is 497. The maximum absolute atomic E-state index is 11.8. The summed E-state index contributed by atoms with van der Waals surface area (Å²) < 4.78 is 28.1. The van der Waals surface area contributed by atoms with Crippen LogP contribution in [0.4, 0.5) is 20.2 Å². The number of amides is 1. The van der Waals surface area contributed by atoms with E-state index in [0.29, 0.717) is 0 Å². The first-order chi connectivity index (χ1) is 9.43. The highest BCUT2D eigenvalue weighted by Crippen LogP contribution is 2.25. The number of benzene rings is 1. The molecule has 0 heterocycles. The number of halogens is 2. The van der Waals surface area contributed by atoms with E-state index in [1.165, 1.54) is 18.2 Å². The van der Waals surface area contributed by atoms with Crippen LogP contribution in [0.5, 0.6) is 0 Å². The van der Waals surface area contributed by atoms with E-state index in [0.717, 1.165) is 0 Å². The molecule has 0 saturated heterocycles. The molecular formula is C11H13F2N3O4. The van der Waals surface area contributed by atoms with Gasteiger partial charge in [-0.15, -0.1) is 0 Å². The van der Waals surface area contributed by atoms with E-state index in [9.17, 15) is 23.7 Å². The lowest BCUT2D eigenvalue weighted by molar-refractivity contribution is -0.384. The van der Waals surface area contributed by atoms with E-state index >= 15 is 0 Å². The SMILES string of the molecule is Nc1cccc(C(=O)NCCOCC(F)F)c1[N+](=O)[O-]. The van der Waals surface area contributed by atoms with Crippen LogP contribution in [0, 0.1) is 10.1 Å². The number of nitrogens with two attached hydrogens (primary N) is 1. The van der Waals surface area contributed by atoms with Crippen molar-refractivity contribution in [1.29, 1.82) is 0 Å². The molecule has 1 aromatic rings. The molecule has 0 aliphatic heterocycles. The molecule has 110 valence electrons. The maximum atomic E-state index is 11.8. The number of nitrogens with one attached hydrogen (secondary N) is 1. The summed E-state index contributed by atoms with van der Waals surface area (Å²) in [6.45, 7) is -0.891. The van der Waals surface area contributed by atoms with E-state index in [2.05, 4.69) is 10.1 Å². The molecule has 0 aliphatic carbocycles. The number of ether oxygens (including phenoxy) is 1. The van der Waals surface area contributed by atoms with Gasteiger partial charge in [0.05, 0.1) is 11.5 Å². The molecule has 0 unspecified atom stereocenters. The zero-order valence-corrected chi connectivity index (χ0v) is 10.3. The van der Waals surface area contributed by atoms with Gasteiger partial charge in [-0.2, -0.15) is 0 Å². The Labute approximate surface area is 112 Å². The number of hydrogen-bond acceptors (Lipinski definition) is 5. The summed E-state index contributed by atoms with van der Waals surface area (Å²) in [5.41, 5.74) is 4.63. The third-order valence-electron chi connectivity index (χ3n) is 2.27. The number of alkyl halides is 2. The lowest BCUT2D eigenvalue weighted by Crippen LogP contribution is -2.28. The fraction of sp³-hybridized carbons (Fsp3) is 0.364. The Morgan fingerprint density at radius 3 is 2.80 bits per heavy atom.